The minimum absolute atomic E-state index is 0.129. The topological polar surface area (TPSA) is 82.2 Å². The molecule has 8 nitrogen and oxygen atoms in total. The molecular formula is C20H32N4O4S. The number of hydrogen-bond acceptors (Lipinski definition) is 6. The number of nitrogens with zero attached hydrogens (tertiary/aromatic N) is 3. The first-order chi connectivity index (χ1) is 13.7. The zero-order valence-corrected chi connectivity index (χ0v) is 18.5. The Balaban J connectivity index is 1.67. The summed E-state index contributed by atoms with van der Waals surface area (Å²) in [6, 6.07) is 5.49. The molecular weight excluding hydrogens is 392 g/mol. The van der Waals surface area contributed by atoms with Crippen LogP contribution in [-0.4, -0.2) is 94.5 Å². The first-order valence-electron chi connectivity index (χ1n) is 10.1. The number of morpholine rings is 1. The molecule has 0 aliphatic carbocycles. The molecule has 1 N–H and O–H groups in total. The van der Waals surface area contributed by atoms with Crippen LogP contribution in [0.2, 0.25) is 0 Å². The molecule has 2 heterocycles. The van der Waals surface area contributed by atoms with Crippen LogP contribution in [0.3, 0.4) is 0 Å². The number of likely N-dealkylation sites (N-methyl/N-ethyl adjacent to an activating group) is 1. The second-order valence-electron chi connectivity index (χ2n) is 8.25. The van der Waals surface area contributed by atoms with Gasteiger partial charge in [0, 0.05) is 37.9 Å². The number of nitrogens with one attached hydrogen (secondary N) is 1. The monoisotopic (exact) mass is 424 g/mol. The van der Waals surface area contributed by atoms with E-state index in [1.54, 1.807) is 25.1 Å². The molecule has 3 rings (SSSR count). The van der Waals surface area contributed by atoms with Gasteiger partial charge in [0.2, 0.25) is 15.9 Å². The lowest BCUT2D eigenvalue weighted by Gasteiger charge is -2.27. The summed E-state index contributed by atoms with van der Waals surface area (Å²) < 4.78 is 32.7. The van der Waals surface area contributed by atoms with E-state index in [-0.39, 0.29) is 10.8 Å². The summed E-state index contributed by atoms with van der Waals surface area (Å²) in [6.45, 7) is 7.49. The van der Waals surface area contributed by atoms with Gasteiger partial charge in [0.25, 0.3) is 0 Å². The average Bonchev–Trinajstić information content (AvgIpc) is 3.04. The van der Waals surface area contributed by atoms with Crippen LogP contribution in [0.1, 0.15) is 12.5 Å². The molecule has 2 fully saturated rings. The van der Waals surface area contributed by atoms with E-state index in [4.69, 9.17) is 4.74 Å². The van der Waals surface area contributed by atoms with Gasteiger partial charge in [-0.3, -0.25) is 9.69 Å². The Morgan fingerprint density at radius 1 is 1.24 bits per heavy atom. The number of likely N-dealkylation sites (tertiary alicyclic amines) is 1. The van der Waals surface area contributed by atoms with Crippen LogP contribution in [0.25, 0.3) is 0 Å². The van der Waals surface area contributed by atoms with E-state index in [1.807, 2.05) is 0 Å². The van der Waals surface area contributed by atoms with Gasteiger partial charge in [-0.05, 0) is 44.6 Å². The fourth-order valence-corrected chi connectivity index (χ4v) is 5.79. The Kier molecular flexibility index (Phi) is 6.95. The third-order valence-electron chi connectivity index (χ3n) is 5.74. The van der Waals surface area contributed by atoms with Gasteiger partial charge in [0.1, 0.15) is 0 Å². The van der Waals surface area contributed by atoms with Gasteiger partial charge >= 0.3 is 0 Å². The van der Waals surface area contributed by atoms with E-state index in [9.17, 15) is 13.2 Å². The van der Waals surface area contributed by atoms with Crippen molar-refractivity contribution >= 4 is 21.6 Å². The third-order valence-corrected chi connectivity index (χ3v) is 7.78. The molecule has 1 aromatic rings. The van der Waals surface area contributed by atoms with Crippen molar-refractivity contribution in [2.24, 2.45) is 5.92 Å². The molecule has 0 radical (unpaired) electrons. The molecule has 0 bridgehead atoms. The first kappa shape index (κ1) is 22.2. The highest BCUT2D eigenvalue weighted by Gasteiger charge is 2.32. The number of amides is 1. The minimum atomic E-state index is -3.61. The van der Waals surface area contributed by atoms with Gasteiger partial charge < -0.3 is 15.0 Å². The fraction of sp³-hybridized carbons (Fsp3) is 0.650. The van der Waals surface area contributed by atoms with Gasteiger partial charge in [0.15, 0.2) is 0 Å². The minimum Gasteiger partial charge on any atom is -0.379 e. The Morgan fingerprint density at radius 3 is 2.55 bits per heavy atom. The Morgan fingerprint density at radius 2 is 1.93 bits per heavy atom. The van der Waals surface area contributed by atoms with Crippen LogP contribution in [0.15, 0.2) is 23.1 Å². The van der Waals surface area contributed by atoms with Crippen molar-refractivity contribution < 1.29 is 17.9 Å². The van der Waals surface area contributed by atoms with Gasteiger partial charge in [-0.25, -0.2) is 8.42 Å². The molecule has 0 spiro atoms. The normalized spacial score (nSPS) is 24.2. The molecule has 162 valence electrons. The van der Waals surface area contributed by atoms with Crippen molar-refractivity contribution in [3.05, 3.63) is 23.8 Å². The number of sulfonamides is 1. The molecule has 2 aliphatic rings. The maximum absolute atomic E-state index is 13.0. The number of rotatable bonds is 6. The molecule has 1 aromatic carbocycles. The summed E-state index contributed by atoms with van der Waals surface area (Å²) in [4.78, 5) is 17.1. The quantitative estimate of drug-likeness (QED) is 0.729. The second-order valence-corrected chi connectivity index (χ2v) is 10.2. The standard InChI is InChI=1S/C20H32N4O4S/c1-15-5-6-17(11-19(15)29(26,27)24-7-9-28-10-8-24)21-20(25)14-23-12-16(2)18(13-23)22(3)4/h5-6,11,16,18H,7-10,12-14H2,1-4H3,(H,21,25)/t16-,18+/m0/s1. The molecule has 0 saturated carbocycles. The number of anilines is 1. The van der Waals surface area contributed by atoms with E-state index in [2.05, 4.69) is 36.1 Å². The summed E-state index contributed by atoms with van der Waals surface area (Å²) >= 11 is 0. The largest absolute Gasteiger partial charge is 0.379 e. The molecule has 9 heteroatoms. The zero-order valence-electron chi connectivity index (χ0n) is 17.7. The van der Waals surface area contributed by atoms with Gasteiger partial charge in [-0.15, -0.1) is 0 Å². The Hall–Kier alpha value is -1.52. The third kappa shape index (κ3) is 5.16. The highest BCUT2D eigenvalue weighted by Crippen LogP contribution is 2.25. The van der Waals surface area contributed by atoms with Crippen molar-refractivity contribution in [3.63, 3.8) is 0 Å². The van der Waals surface area contributed by atoms with E-state index < -0.39 is 10.0 Å². The summed E-state index contributed by atoms with van der Waals surface area (Å²) in [5.74, 6) is 0.373. The van der Waals surface area contributed by atoms with Crippen molar-refractivity contribution in [1.29, 1.82) is 0 Å². The predicted molar refractivity (Wildman–Crippen MR) is 112 cm³/mol. The SMILES string of the molecule is Cc1ccc(NC(=O)CN2C[C@@H](N(C)C)[C@@H](C)C2)cc1S(=O)(=O)N1CCOCC1. The highest BCUT2D eigenvalue weighted by atomic mass is 32.2. The van der Waals surface area contributed by atoms with E-state index >= 15 is 0 Å². The van der Waals surface area contributed by atoms with Crippen molar-refractivity contribution in [2.45, 2.75) is 24.8 Å². The number of aryl methyl sites for hydroxylation is 1. The summed E-state index contributed by atoms with van der Waals surface area (Å²) in [6.07, 6.45) is 0. The fourth-order valence-electron chi connectivity index (χ4n) is 4.13. The van der Waals surface area contributed by atoms with E-state index in [0.29, 0.717) is 56.1 Å². The van der Waals surface area contributed by atoms with Crippen LogP contribution >= 0.6 is 0 Å². The average molecular weight is 425 g/mol. The lowest BCUT2D eigenvalue weighted by molar-refractivity contribution is -0.117. The number of benzene rings is 1. The molecule has 2 atom stereocenters. The summed E-state index contributed by atoms with van der Waals surface area (Å²) in [5.41, 5.74) is 1.17. The van der Waals surface area contributed by atoms with Gasteiger partial charge in [-0.1, -0.05) is 13.0 Å². The van der Waals surface area contributed by atoms with Crippen LogP contribution < -0.4 is 5.32 Å². The Labute approximate surface area is 173 Å². The number of ether oxygens (including phenoxy) is 1. The zero-order chi connectivity index (χ0) is 21.2. The summed E-state index contributed by atoms with van der Waals surface area (Å²) in [7, 11) is 0.515. The number of carbonyl (C=O) groups is 1. The number of carbonyl (C=O) groups excluding carboxylic acids is 1. The molecule has 1 amide bonds. The molecule has 2 saturated heterocycles. The maximum Gasteiger partial charge on any atom is 0.243 e. The molecule has 2 aliphatic heterocycles. The van der Waals surface area contributed by atoms with E-state index in [1.165, 1.54) is 4.31 Å². The lowest BCUT2D eigenvalue weighted by Crippen LogP contribution is -2.40. The van der Waals surface area contributed by atoms with Crippen LogP contribution in [0.5, 0.6) is 0 Å². The smallest absolute Gasteiger partial charge is 0.243 e. The highest BCUT2D eigenvalue weighted by molar-refractivity contribution is 7.89. The lowest BCUT2D eigenvalue weighted by atomic mass is 10.1. The predicted octanol–water partition coefficient (Wildman–Crippen LogP) is 0.836. The molecule has 0 aromatic heterocycles. The van der Waals surface area contributed by atoms with Crippen molar-refractivity contribution in [2.75, 3.05) is 65.3 Å². The van der Waals surface area contributed by atoms with Crippen LogP contribution in [0.4, 0.5) is 5.69 Å². The van der Waals surface area contributed by atoms with Crippen LogP contribution in [-0.2, 0) is 19.6 Å². The molecule has 0 unspecified atom stereocenters. The first-order valence-corrected chi connectivity index (χ1v) is 11.5. The molecule has 29 heavy (non-hydrogen) atoms. The maximum atomic E-state index is 13.0. The van der Waals surface area contributed by atoms with Gasteiger partial charge in [-0.2, -0.15) is 4.31 Å². The van der Waals surface area contributed by atoms with Gasteiger partial charge in [0.05, 0.1) is 24.7 Å². The number of hydrogen-bond donors (Lipinski definition) is 1. The van der Waals surface area contributed by atoms with Crippen molar-refractivity contribution in [3.8, 4) is 0 Å². The van der Waals surface area contributed by atoms with Crippen molar-refractivity contribution in [1.82, 2.24) is 14.1 Å². The second kappa shape index (κ2) is 9.09. The summed E-state index contributed by atoms with van der Waals surface area (Å²) in [5, 5.41) is 2.87. The Bertz CT molecular complexity index is 837. The van der Waals surface area contributed by atoms with E-state index in [0.717, 1.165) is 13.1 Å². The van der Waals surface area contributed by atoms with Crippen LogP contribution in [0, 0.1) is 12.8 Å².